The summed E-state index contributed by atoms with van der Waals surface area (Å²) in [5, 5.41) is 11.7. The first-order valence-electron chi connectivity index (χ1n) is 6.33. The predicted molar refractivity (Wildman–Crippen MR) is 59.4 cm³/mol. The number of ether oxygens (including phenoxy) is 2. The number of nitrogens with zero attached hydrogens (tertiary/aromatic N) is 1. The molecule has 2 fully saturated rings. The van der Waals surface area contributed by atoms with Crippen molar-refractivity contribution < 1.29 is 14.2 Å². The number of hydroxylamine groups is 1. The minimum Gasteiger partial charge on any atom is -0.623 e. The van der Waals surface area contributed by atoms with Crippen molar-refractivity contribution in [2.75, 3.05) is 13.2 Å². The molecular weight excluding hydrogens is 206 g/mol. The van der Waals surface area contributed by atoms with E-state index in [0.29, 0.717) is 13.2 Å². The highest BCUT2D eigenvalue weighted by Crippen LogP contribution is 2.39. The Kier molecular flexibility index (Phi) is 2.44. The van der Waals surface area contributed by atoms with E-state index in [0.717, 1.165) is 30.4 Å². The van der Waals surface area contributed by atoms with Crippen molar-refractivity contribution >= 4 is 6.21 Å². The van der Waals surface area contributed by atoms with Crippen LogP contribution < -0.4 is 0 Å². The monoisotopic (exact) mass is 225 g/mol. The van der Waals surface area contributed by atoms with Crippen LogP contribution in [0.1, 0.15) is 44.9 Å². The second-order valence-electron chi connectivity index (χ2n) is 5.32. The maximum atomic E-state index is 11.7. The van der Waals surface area contributed by atoms with E-state index in [9.17, 15) is 5.21 Å². The Morgan fingerprint density at radius 2 is 1.69 bits per heavy atom. The molecule has 0 atom stereocenters. The Bertz CT molecular complexity index is 297. The standard InChI is InChI=1S/C12H19NO3/c14-13-8-4-5-11(13)9-15-12(16-10-11)6-2-1-3-7-12/h8H,1-7,9-10H2. The fourth-order valence-corrected chi connectivity index (χ4v) is 3.02. The summed E-state index contributed by atoms with van der Waals surface area (Å²) in [6, 6.07) is 0. The third kappa shape index (κ3) is 1.55. The summed E-state index contributed by atoms with van der Waals surface area (Å²) in [6.45, 7) is 1.07. The van der Waals surface area contributed by atoms with Crippen LogP contribution in [0, 0.1) is 5.21 Å². The summed E-state index contributed by atoms with van der Waals surface area (Å²) in [4.78, 5) is 0. The second-order valence-corrected chi connectivity index (χ2v) is 5.32. The molecule has 4 heteroatoms. The average Bonchev–Trinajstić information content (AvgIpc) is 2.67. The van der Waals surface area contributed by atoms with Crippen LogP contribution in [0.4, 0.5) is 0 Å². The van der Waals surface area contributed by atoms with Gasteiger partial charge in [0.25, 0.3) is 0 Å². The van der Waals surface area contributed by atoms with Crippen molar-refractivity contribution in [3.8, 4) is 0 Å². The molecule has 4 nitrogen and oxygen atoms in total. The molecule has 2 aliphatic heterocycles. The molecule has 0 radical (unpaired) electrons. The molecule has 90 valence electrons. The lowest BCUT2D eigenvalue weighted by molar-refractivity contribution is -0.569. The number of hydrogen-bond acceptors (Lipinski definition) is 3. The minimum atomic E-state index is -0.414. The Morgan fingerprint density at radius 1 is 1.00 bits per heavy atom. The van der Waals surface area contributed by atoms with E-state index in [-0.39, 0.29) is 5.79 Å². The van der Waals surface area contributed by atoms with Gasteiger partial charge in [-0.2, -0.15) is 0 Å². The number of rotatable bonds is 0. The van der Waals surface area contributed by atoms with Gasteiger partial charge in [-0.3, -0.25) is 0 Å². The molecule has 2 spiro atoms. The largest absolute Gasteiger partial charge is 0.623 e. The van der Waals surface area contributed by atoms with Crippen LogP contribution in [-0.4, -0.2) is 35.5 Å². The van der Waals surface area contributed by atoms with Crippen molar-refractivity contribution in [1.29, 1.82) is 0 Å². The molecule has 0 aromatic rings. The Hall–Kier alpha value is -0.610. The van der Waals surface area contributed by atoms with Crippen molar-refractivity contribution in [1.82, 2.24) is 0 Å². The van der Waals surface area contributed by atoms with Crippen LogP contribution in [0.25, 0.3) is 0 Å². The Labute approximate surface area is 95.8 Å². The second kappa shape index (κ2) is 3.70. The van der Waals surface area contributed by atoms with Crippen LogP contribution in [0.15, 0.2) is 0 Å². The van der Waals surface area contributed by atoms with Gasteiger partial charge in [0.1, 0.15) is 13.2 Å². The molecule has 0 amide bonds. The van der Waals surface area contributed by atoms with Crippen molar-refractivity contribution in [3.05, 3.63) is 5.21 Å². The topological polar surface area (TPSA) is 44.5 Å². The zero-order valence-electron chi connectivity index (χ0n) is 9.61. The van der Waals surface area contributed by atoms with Crippen LogP contribution in [0.5, 0.6) is 0 Å². The van der Waals surface area contributed by atoms with E-state index in [1.807, 2.05) is 0 Å². The molecule has 2 heterocycles. The Morgan fingerprint density at radius 3 is 2.25 bits per heavy atom. The lowest BCUT2D eigenvalue weighted by atomic mass is 9.91. The molecule has 0 aromatic heterocycles. The normalized spacial score (nSPS) is 31.9. The number of hydrogen-bond donors (Lipinski definition) is 0. The van der Waals surface area contributed by atoms with Gasteiger partial charge in [-0.05, 0) is 12.8 Å². The summed E-state index contributed by atoms with van der Waals surface area (Å²) >= 11 is 0. The molecule has 0 N–H and O–H groups in total. The van der Waals surface area contributed by atoms with E-state index < -0.39 is 5.54 Å². The molecule has 1 aliphatic carbocycles. The Balaban J connectivity index is 1.69. The quantitative estimate of drug-likeness (QED) is 0.466. The van der Waals surface area contributed by atoms with Gasteiger partial charge >= 0.3 is 0 Å². The van der Waals surface area contributed by atoms with Crippen molar-refractivity contribution in [3.63, 3.8) is 0 Å². The van der Waals surface area contributed by atoms with Gasteiger partial charge in [-0.15, -0.1) is 0 Å². The molecule has 0 unspecified atom stereocenters. The maximum Gasteiger partial charge on any atom is 0.219 e. The van der Waals surface area contributed by atoms with Crippen LogP contribution in [0.3, 0.4) is 0 Å². The van der Waals surface area contributed by atoms with E-state index in [2.05, 4.69) is 0 Å². The molecule has 3 aliphatic rings. The lowest BCUT2D eigenvalue weighted by Crippen LogP contribution is -2.56. The van der Waals surface area contributed by atoms with Gasteiger partial charge in [0, 0.05) is 25.7 Å². The third-order valence-electron chi connectivity index (χ3n) is 4.20. The summed E-state index contributed by atoms with van der Waals surface area (Å²) in [5.74, 6) is -0.354. The fraction of sp³-hybridized carbons (Fsp3) is 0.917. The summed E-state index contributed by atoms with van der Waals surface area (Å²) in [6.07, 6.45) is 9.06. The fourth-order valence-electron chi connectivity index (χ4n) is 3.02. The molecule has 0 aromatic carbocycles. The molecule has 16 heavy (non-hydrogen) atoms. The summed E-state index contributed by atoms with van der Waals surface area (Å²) < 4.78 is 12.9. The minimum absolute atomic E-state index is 0.354. The molecule has 1 saturated carbocycles. The molecule has 3 rings (SSSR count). The van der Waals surface area contributed by atoms with Gasteiger partial charge in [0.05, 0.1) is 0 Å². The highest BCUT2D eigenvalue weighted by atomic mass is 16.7. The van der Waals surface area contributed by atoms with Gasteiger partial charge in [-0.1, -0.05) is 6.42 Å². The van der Waals surface area contributed by atoms with Gasteiger partial charge in [0.15, 0.2) is 12.0 Å². The molecule has 1 saturated heterocycles. The smallest absolute Gasteiger partial charge is 0.219 e. The lowest BCUT2D eigenvalue weighted by Gasteiger charge is -2.44. The van der Waals surface area contributed by atoms with Crippen LogP contribution >= 0.6 is 0 Å². The van der Waals surface area contributed by atoms with Crippen molar-refractivity contribution in [2.24, 2.45) is 0 Å². The summed E-state index contributed by atoms with van der Waals surface area (Å²) in [5.41, 5.74) is -0.414. The first kappa shape index (κ1) is 10.5. The van der Waals surface area contributed by atoms with Crippen molar-refractivity contribution in [2.45, 2.75) is 56.3 Å². The van der Waals surface area contributed by atoms with E-state index in [4.69, 9.17) is 9.47 Å². The first-order chi connectivity index (χ1) is 7.75. The van der Waals surface area contributed by atoms with E-state index in [1.54, 1.807) is 6.21 Å². The summed E-state index contributed by atoms with van der Waals surface area (Å²) in [7, 11) is 0. The van der Waals surface area contributed by atoms with Crippen LogP contribution in [-0.2, 0) is 9.47 Å². The van der Waals surface area contributed by atoms with Crippen LogP contribution in [0.2, 0.25) is 0 Å². The highest BCUT2D eigenvalue weighted by Gasteiger charge is 2.51. The van der Waals surface area contributed by atoms with E-state index >= 15 is 0 Å². The SMILES string of the molecule is [O-][N+]1=CCCC12COC1(CCCCC1)OC2. The molecular formula is C12H19NO3. The zero-order valence-corrected chi connectivity index (χ0v) is 9.61. The van der Waals surface area contributed by atoms with Gasteiger partial charge in [0.2, 0.25) is 5.54 Å². The first-order valence-corrected chi connectivity index (χ1v) is 6.33. The zero-order chi connectivity index (χ0) is 11.1. The van der Waals surface area contributed by atoms with Gasteiger partial charge < -0.3 is 14.7 Å². The third-order valence-corrected chi connectivity index (χ3v) is 4.20. The average molecular weight is 225 g/mol. The van der Waals surface area contributed by atoms with E-state index in [1.165, 1.54) is 19.3 Å². The highest BCUT2D eigenvalue weighted by molar-refractivity contribution is 5.53. The maximum absolute atomic E-state index is 11.7. The van der Waals surface area contributed by atoms with Gasteiger partial charge in [-0.25, -0.2) is 4.74 Å². The predicted octanol–water partition coefficient (Wildman–Crippen LogP) is 1.81. The molecule has 0 bridgehead atoms.